The van der Waals surface area contributed by atoms with Crippen LogP contribution in [0.15, 0.2) is 91.3 Å². The lowest BCUT2D eigenvalue weighted by molar-refractivity contribution is 0.0974. The van der Waals surface area contributed by atoms with Gasteiger partial charge >= 0.3 is 0 Å². The molecule has 208 valence electrons. The molecule has 10 heteroatoms. The van der Waals surface area contributed by atoms with Crippen LogP contribution in [-0.2, 0) is 0 Å². The molecule has 4 aromatic carbocycles. The highest BCUT2D eigenvalue weighted by molar-refractivity contribution is 8.01. The van der Waals surface area contributed by atoms with Crippen LogP contribution < -0.4 is 9.47 Å². The van der Waals surface area contributed by atoms with Crippen molar-refractivity contribution in [3.8, 4) is 11.5 Å². The first kappa shape index (κ1) is 27.2. The van der Waals surface area contributed by atoms with E-state index in [1.165, 1.54) is 46.2 Å². The maximum absolute atomic E-state index is 14.2. The van der Waals surface area contributed by atoms with E-state index in [-0.39, 0.29) is 11.6 Å². The van der Waals surface area contributed by atoms with Crippen LogP contribution in [0.5, 0.6) is 11.5 Å². The minimum atomic E-state index is -0.162. The first-order valence-electron chi connectivity index (χ1n) is 13.3. The monoisotopic (exact) mass is 626 g/mol. The van der Waals surface area contributed by atoms with Crippen LogP contribution in [0.4, 0.5) is 0 Å². The van der Waals surface area contributed by atoms with Crippen molar-refractivity contribution in [3.05, 3.63) is 95.1 Å². The van der Waals surface area contributed by atoms with Crippen LogP contribution in [0.1, 0.15) is 45.7 Å². The third-order valence-electron chi connectivity index (χ3n) is 6.69. The first-order valence-corrected chi connectivity index (χ1v) is 16.6. The van der Waals surface area contributed by atoms with Crippen molar-refractivity contribution in [2.24, 2.45) is 0 Å². The van der Waals surface area contributed by atoms with E-state index in [4.69, 9.17) is 19.4 Å². The fourth-order valence-corrected chi connectivity index (χ4v) is 9.33. The van der Waals surface area contributed by atoms with Crippen LogP contribution in [0.25, 0.3) is 20.4 Å². The molecule has 1 aliphatic rings. The van der Waals surface area contributed by atoms with Crippen molar-refractivity contribution in [1.82, 2.24) is 9.97 Å². The molecule has 2 aromatic heterocycles. The average molecular weight is 627 g/mol. The standard InChI is InChI=1S/C32H22N2O4S4/c1-3-37-17-11-13-21-25(15-17)41-31(33-21)39-23-9-5-7-19-27(23)30(36)28-20(29(19)35)8-6-10-24(28)40-32-34-22-14-12-18(38-4-2)16-26(22)42-32/h5-16H,3-4H2,1-2H3. The number of ether oxygens (including phenoxy) is 2. The first-order chi connectivity index (χ1) is 20.5. The quantitative estimate of drug-likeness (QED) is 0.166. The summed E-state index contributed by atoms with van der Waals surface area (Å²) >= 11 is 5.89. The largest absolute Gasteiger partial charge is 0.494 e. The second-order valence-corrected chi connectivity index (χ2v) is 13.9. The lowest BCUT2D eigenvalue weighted by Gasteiger charge is -2.21. The van der Waals surface area contributed by atoms with Crippen LogP contribution >= 0.6 is 46.2 Å². The van der Waals surface area contributed by atoms with Gasteiger partial charge in [0.05, 0.1) is 33.6 Å². The number of hydrogen-bond acceptors (Lipinski definition) is 10. The average Bonchev–Trinajstić information content (AvgIpc) is 3.58. The minimum absolute atomic E-state index is 0.152. The maximum Gasteiger partial charge on any atom is 0.196 e. The van der Waals surface area contributed by atoms with Crippen LogP contribution in [0, 0.1) is 0 Å². The van der Waals surface area contributed by atoms with Crippen molar-refractivity contribution in [1.29, 1.82) is 0 Å². The lowest BCUT2D eigenvalue weighted by atomic mass is 9.84. The highest BCUT2D eigenvalue weighted by Crippen LogP contribution is 2.44. The molecular weight excluding hydrogens is 605 g/mol. The van der Waals surface area contributed by atoms with Crippen LogP contribution in [-0.4, -0.2) is 34.7 Å². The molecule has 1 aliphatic carbocycles. The number of carbonyl (C=O) groups is 2. The molecular formula is C32H22N2O4S4. The van der Waals surface area contributed by atoms with Gasteiger partial charge in [-0.05, 0) is 62.4 Å². The number of benzene rings is 4. The van der Waals surface area contributed by atoms with E-state index in [0.29, 0.717) is 45.3 Å². The molecule has 0 radical (unpaired) electrons. The molecule has 2 heterocycles. The Kier molecular flexibility index (Phi) is 7.23. The number of hydrogen-bond donors (Lipinski definition) is 0. The summed E-state index contributed by atoms with van der Waals surface area (Å²) in [5.41, 5.74) is 3.42. The topological polar surface area (TPSA) is 78.4 Å². The van der Waals surface area contributed by atoms with Crippen molar-refractivity contribution in [2.75, 3.05) is 13.2 Å². The molecule has 6 nitrogen and oxygen atoms in total. The molecule has 0 saturated carbocycles. The van der Waals surface area contributed by atoms with E-state index in [0.717, 1.165) is 40.6 Å². The molecule has 0 aliphatic heterocycles. The second-order valence-electron chi connectivity index (χ2n) is 9.30. The van der Waals surface area contributed by atoms with Gasteiger partial charge in [-0.2, -0.15) is 0 Å². The van der Waals surface area contributed by atoms with Gasteiger partial charge in [0.15, 0.2) is 20.2 Å². The van der Waals surface area contributed by atoms with Crippen molar-refractivity contribution >= 4 is 78.2 Å². The third kappa shape index (κ3) is 4.88. The van der Waals surface area contributed by atoms with Gasteiger partial charge in [-0.1, -0.05) is 47.8 Å². The molecule has 6 aromatic rings. The van der Waals surface area contributed by atoms with Gasteiger partial charge in [0.2, 0.25) is 0 Å². The molecule has 0 atom stereocenters. The second kappa shape index (κ2) is 11.2. The van der Waals surface area contributed by atoms with E-state index in [1.54, 1.807) is 12.1 Å². The summed E-state index contributed by atoms with van der Waals surface area (Å²) in [6, 6.07) is 22.6. The van der Waals surface area contributed by atoms with Crippen molar-refractivity contribution in [2.45, 2.75) is 32.3 Å². The van der Waals surface area contributed by atoms with E-state index >= 15 is 0 Å². The Labute approximate surface area is 258 Å². The highest BCUT2D eigenvalue weighted by Gasteiger charge is 2.34. The summed E-state index contributed by atoms with van der Waals surface area (Å²) in [7, 11) is 0. The number of rotatable bonds is 8. The summed E-state index contributed by atoms with van der Waals surface area (Å²) in [4.78, 5) is 38.9. The fourth-order valence-electron chi connectivity index (χ4n) is 4.91. The van der Waals surface area contributed by atoms with E-state index < -0.39 is 0 Å². The van der Waals surface area contributed by atoms with E-state index in [1.807, 2.05) is 74.5 Å². The van der Waals surface area contributed by atoms with Gasteiger partial charge in [0.25, 0.3) is 0 Å². The number of thiazole rings is 2. The zero-order valence-corrected chi connectivity index (χ0v) is 25.8. The molecule has 0 saturated heterocycles. The normalized spacial score (nSPS) is 12.5. The van der Waals surface area contributed by atoms with Crippen molar-refractivity contribution < 1.29 is 19.1 Å². The molecule has 0 unspecified atom stereocenters. The number of aromatic nitrogens is 2. The van der Waals surface area contributed by atoms with Crippen molar-refractivity contribution in [3.63, 3.8) is 0 Å². The third-order valence-corrected chi connectivity index (χ3v) is 11.0. The van der Waals surface area contributed by atoms with Crippen LogP contribution in [0.2, 0.25) is 0 Å². The number of fused-ring (bicyclic) bond motifs is 4. The summed E-state index contributed by atoms with van der Waals surface area (Å²) in [5, 5.41) is 0. The molecule has 0 amide bonds. The van der Waals surface area contributed by atoms with Crippen LogP contribution in [0.3, 0.4) is 0 Å². The summed E-state index contributed by atoms with van der Waals surface area (Å²) < 4.78 is 14.9. The SMILES string of the molecule is CCOc1ccc2nc(Sc3cccc4c3C(=O)c3c(Sc5nc6ccc(OCC)cc6s5)cccc3C4=O)sc2c1. The Bertz CT molecular complexity index is 1890. The number of ketones is 2. The molecule has 0 spiro atoms. The molecule has 0 bridgehead atoms. The van der Waals surface area contributed by atoms with Gasteiger partial charge < -0.3 is 9.47 Å². The Morgan fingerprint density at radius 1 is 0.643 bits per heavy atom. The van der Waals surface area contributed by atoms with Gasteiger partial charge in [-0.25, -0.2) is 9.97 Å². The fraction of sp³-hybridized carbons (Fsp3) is 0.125. The molecule has 7 rings (SSSR count). The van der Waals surface area contributed by atoms with E-state index in [2.05, 4.69) is 0 Å². The summed E-state index contributed by atoms with van der Waals surface area (Å²) in [6.07, 6.45) is 0. The number of carbonyl (C=O) groups excluding carboxylic acids is 2. The Morgan fingerprint density at radius 2 is 1.12 bits per heavy atom. The summed E-state index contributed by atoms with van der Waals surface area (Å²) in [6.45, 7) is 5.09. The number of nitrogens with zero attached hydrogens (tertiary/aromatic N) is 2. The van der Waals surface area contributed by atoms with Gasteiger partial charge in [-0.15, -0.1) is 22.7 Å². The molecule has 42 heavy (non-hydrogen) atoms. The summed E-state index contributed by atoms with van der Waals surface area (Å²) in [5.74, 6) is 1.28. The minimum Gasteiger partial charge on any atom is -0.494 e. The Balaban J connectivity index is 1.24. The van der Waals surface area contributed by atoms with Gasteiger partial charge in [0.1, 0.15) is 11.5 Å². The van der Waals surface area contributed by atoms with Gasteiger partial charge in [-0.3, -0.25) is 9.59 Å². The predicted molar refractivity (Wildman–Crippen MR) is 170 cm³/mol. The Hall–Kier alpha value is -3.70. The highest BCUT2D eigenvalue weighted by atomic mass is 32.2. The molecule has 0 N–H and O–H groups in total. The smallest absolute Gasteiger partial charge is 0.196 e. The molecule has 0 fully saturated rings. The zero-order chi connectivity index (χ0) is 28.8. The Morgan fingerprint density at radius 3 is 1.57 bits per heavy atom. The predicted octanol–water partition coefficient (Wildman–Crippen LogP) is 8.78. The van der Waals surface area contributed by atoms with E-state index in [9.17, 15) is 9.59 Å². The van der Waals surface area contributed by atoms with Gasteiger partial charge in [0, 0.05) is 32.0 Å². The zero-order valence-electron chi connectivity index (χ0n) is 22.5. The maximum atomic E-state index is 14.2. The lowest BCUT2D eigenvalue weighted by Crippen LogP contribution is -2.22.